The largest absolute Gasteiger partial charge is 0.492 e. The fourth-order valence-electron chi connectivity index (χ4n) is 0.951. The van der Waals surface area contributed by atoms with Gasteiger partial charge in [0.05, 0.1) is 11.4 Å². The first-order chi connectivity index (χ1) is 6.24. The third-order valence-electron chi connectivity index (χ3n) is 1.71. The smallest absolute Gasteiger partial charge is 0.122 e. The average Bonchev–Trinajstić information content (AvgIpc) is 2.16. The summed E-state index contributed by atoms with van der Waals surface area (Å²) >= 11 is 3.28. The molecular formula is C10H13BrO2. The highest BCUT2D eigenvalue weighted by Crippen LogP contribution is 2.16. The maximum atomic E-state index is 8.76. The zero-order valence-electron chi connectivity index (χ0n) is 7.53. The highest BCUT2D eigenvalue weighted by Gasteiger charge is 2.03. The van der Waals surface area contributed by atoms with Crippen molar-refractivity contribution in [2.75, 3.05) is 13.2 Å². The molecule has 0 aromatic heterocycles. The van der Waals surface area contributed by atoms with E-state index in [1.807, 2.05) is 31.2 Å². The second-order valence-electron chi connectivity index (χ2n) is 2.86. The molecule has 1 unspecified atom stereocenters. The number of ether oxygens (including phenoxy) is 1. The normalized spacial score (nSPS) is 12.5. The Morgan fingerprint density at radius 3 is 2.77 bits per heavy atom. The molecule has 0 aliphatic carbocycles. The van der Waals surface area contributed by atoms with Crippen molar-refractivity contribution in [2.24, 2.45) is 0 Å². The van der Waals surface area contributed by atoms with E-state index >= 15 is 0 Å². The Kier molecular flexibility index (Phi) is 4.25. The van der Waals surface area contributed by atoms with Gasteiger partial charge in [0.15, 0.2) is 0 Å². The highest BCUT2D eigenvalue weighted by molar-refractivity contribution is 9.09. The fourth-order valence-corrected chi connectivity index (χ4v) is 1.08. The summed E-state index contributed by atoms with van der Waals surface area (Å²) in [7, 11) is 0. The number of benzene rings is 1. The summed E-state index contributed by atoms with van der Waals surface area (Å²) in [6.07, 6.45) is 0. The fraction of sp³-hybridized carbons (Fsp3) is 0.400. The molecule has 0 fully saturated rings. The number of aryl methyl sites for hydroxylation is 1. The molecule has 3 heteroatoms. The number of hydrogen-bond acceptors (Lipinski definition) is 2. The lowest BCUT2D eigenvalue weighted by Crippen LogP contribution is -2.15. The van der Waals surface area contributed by atoms with Crippen LogP contribution in [0.1, 0.15) is 5.56 Å². The Morgan fingerprint density at radius 1 is 1.46 bits per heavy atom. The summed E-state index contributed by atoms with van der Waals surface area (Å²) in [4.78, 5) is 0.00658. The molecule has 1 atom stereocenters. The summed E-state index contributed by atoms with van der Waals surface area (Å²) in [5.41, 5.74) is 1.11. The van der Waals surface area contributed by atoms with E-state index in [2.05, 4.69) is 15.9 Å². The molecule has 2 nitrogen and oxygen atoms in total. The maximum Gasteiger partial charge on any atom is 0.122 e. The van der Waals surface area contributed by atoms with E-state index in [9.17, 15) is 0 Å². The van der Waals surface area contributed by atoms with E-state index in [1.54, 1.807) is 0 Å². The van der Waals surface area contributed by atoms with Crippen LogP contribution in [0.25, 0.3) is 0 Å². The van der Waals surface area contributed by atoms with Gasteiger partial charge in [0.25, 0.3) is 0 Å². The molecule has 72 valence electrons. The van der Waals surface area contributed by atoms with E-state index in [-0.39, 0.29) is 11.4 Å². The van der Waals surface area contributed by atoms with Gasteiger partial charge in [-0.2, -0.15) is 0 Å². The van der Waals surface area contributed by atoms with Gasteiger partial charge in [-0.25, -0.2) is 0 Å². The number of halogens is 1. The standard InChI is InChI=1S/C10H13BrO2/c1-8-4-2-3-5-10(8)13-7-9(11)6-12/h2-5,9,12H,6-7H2,1H3. The van der Waals surface area contributed by atoms with Crippen LogP contribution in [0.15, 0.2) is 24.3 Å². The van der Waals surface area contributed by atoms with E-state index < -0.39 is 0 Å². The molecule has 0 bridgehead atoms. The van der Waals surface area contributed by atoms with Gasteiger partial charge in [-0.05, 0) is 18.6 Å². The van der Waals surface area contributed by atoms with Crippen molar-refractivity contribution in [3.05, 3.63) is 29.8 Å². The van der Waals surface area contributed by atoms with Crippen LogP contribution in [0.5, 0.6) is 5.75 Å². The van der Waals surface area contributed by atoms with Crippen LogP contribution < -0.4 is 4.74 Å². The minimum atomic E-state index is 0.00658. The number of para-hydroxylation sites is 1. The number of alkyl halides is 1. The minimum absolute atomic E-state index is 0.00658. The number of rotatable bonds is 4. The van der Waals surface area contributed by atoms with Gasteiger partial charge in [0, 0.05) is 0 Å². The third-order valence-corrected chi connectivity index (χ3v) is 2.27. The first kappa shape index (κ1) is 10.5. The first-order valence-electron chi connectivity index (χ1n) is 4.17. The van der Waals surface area contributed by atoms with Gasteiger partial charge in [0.1, 0.15) is 12.4 Å². The number of aliphatic hydroxyl groups is 1. The molecule has 1 N–H and O–H groups in total. The molecule has 13 heavy (non-hydrogen) atoms. The molecule has 1 rings (SSSR count). The van der Waals surface area contributed by atoms with E-state index in [0.29, 0.717) is 6.61 Å². The van der Waals surface area contributed by atoms with Gasteiger partial charge in [-0.15, -0.1) is 0 Å². The van der Waals surface area contributed by atoms with Crippen molar-refractivity contribution in [3.8, 4) is 5.75 Å². The van der Waals surface area contributed by atoms with Gasteiger partial charge < -0.3 is 9.84 Å². The second-order valence-corrected chi connectivity index (χ2v) is 4.15. The van der Waals surface area contributed by atoms with E-state index in [1.165, 1.54) is 0 Å². The van der Waals surface area contributed by atoms with Crippen LogP contribution >= 0.6 is 15.9 Å². The van der Waals surface area contributed by atoms with E-state index in [0.717, 1.165) is 11.3 Å². The molecule has 0 saturated heterocycles. The van der Waals surface area contributed by atoms with Gasteiger partial charge >= 0.3 is 0 Å². The predicted octanol–water partition coefficient (Wildman–Crippen LogP) is 2.13. The molecule has 0 radical (unpaired) electrons. The quantitative estimate of drug-likeness (QED) is 0.823. The Bertz CT molecular complexity index is 263. The molecule has 0 heterocycles. The van der Waals surface area contributed by atoms with Crippen LogP contribution in [-0.2, 0) is 0 Å². The molecular weight excluding hydrogens is 232 g/mol. The van der Waals surface area contributed by atoms with Crippen molar-refractivity contribution in [1.82, 2.24) is 0 Å². The lowest BCUT2D eigenvalue weighted by molar-refractivity contribution is 0.242. The second kappa shape index (κ2) is 5.25. The topological polar surface area (TPSA) is 29.5 Å². The summed E-state index contributed by atoms with van der Waals surface area (Å²) in [5.74, 6) is 0.875. The van der Waals surface area contributed by atoms with Gasteiger partial charge in [-0.3, -0.25) is 0 Å². The Labute approximate surface area is 86.7 Å². The van der Waals surface area contributed by atoms with Crippen LogP contribution in [0.3, 0.4) is 0 Å². The van der Waals surface area contributed by atoms with Crippen LogP contribution in [-0.4, -0.2) is 23.1 Å². The van der Waals surface area contributed by atoms with Crippen molar-refractivity contribution in [2.45, 2.75) is 11.8 Å². The zero-order chi connectivity index (χ0) is 9.68. The van der Waals surface area contributed by atoms with Crippen molar-refractivity contribution in [1.29, 1.82) is 0 Å². The van der Waals surface area contributed by atoms with E-state index in [4.69, 9.17) is 9.84 Å². The lowest BCUT2D eigenvalue weighted by Gasteiger charge is -2.10. The van der Waals surface area contributed by atoms with Crippen LogP contribution in [0.2, 0.25) is 0 Å². The monoisotopic (exact) mass is 244 g/mol. The van der Waals surface area contributed by atoms with Gasteiger partial charge in [0.2, 0.25) is 0 Å². The number of aliphatic hydroxyl groups excluding tert-OH is 1. The number of hydrogen-bond donors (Lipinski definition) is 1. The SMILES string of the molecule is Cc1ccccc1OCC(Br)CO. The Morgan fingerprint density at radius 2 is 2.15 bits per heavy atom. The molecule has 0 aliphatic heterocycles. The molecule has 0 spiro atoms. The molecule has 0 aliphatic rings. The summed E-state index contributed by atoms with van der Waals surface area (Å²) in [6.45, 7) is 2.57. The zero-order valence-corrected chi connectivity index (χ0v) is 9.12. The van der Waals surface area contributed by atoms with Crippen molar-refractivity contribution >= 4 is 15.9 Å². The molecule has 1 aromatic rings. The molecule has 0 amide bonds. The summed E-state index contributed by atoms with van der Waals surface area (Å²) in [6, 6.07) is 7.83. The first-order valence-corrected chi connectivity index (χ1v) is 5.09. The third kappa shape index (κ3) is 3.36. The van der Waals surface area contributed by atoms with Crippen LogP contribution in [0.4, 0.5) is 0 Å². The lowest BCUT2D eigenvalue weighted by atomic mass is 10.2. The van der Waals surface area contributed by atoms with Crippen molar-refractivity contribution < 1.29 is 9.84 Å². The van der Waals surface area contributed by atoms with Gasteiger partial charge in [-0.1, -0.05) is 34.1 Å². The molecule has 1 aromatic carbocycles. The Balaban J connectivity index is 2.50. The van der Waals surface area contributed by atoms with Crippen LogP contribution in [0, 0.1) is 6.92 Å². The Hall–Kier alpha value is -0.540. The van der Waals surface area contributed by atoms with Crippen molar-refractivity contribution in [3.63, 3.8) is 0 Å². The molecule has 0 saturated carbocycles. The summed E-state index contributed by atoms with van der Waals surface area (Å²) in [5, 5.41) is 8.76. The highest BCUT2D eigenvalue weighted by atomic mass is 79.9. The predicted molar refractivity (Wildman–Crippen MR) is 56.5 cm³/mol. The average molecular weight is 245 g/mol. The minimum Gasteiger partial charge on any atom is -0.492 e. The summed E-state index contributed by atoms with van der Waals surface area (Å²) < 4.78 is 5.48. The maximum absolute atomic E-state index is 8.76.